The van der Waals surface area contributed by atoms with E-state index in [1.807, 2.05) is 0 Å². The van der Waals surface area contributed by atoms with E-state index >= 15 is 0 Å². The van der Waals surface area contributed by atoms with Gasteiger partial charge in [-0.25, -0.2) is 0 Å². The van der Waals surface area contributed by atoms with Crippen LogP contribution in [0.1, 0.15) is 32.6 Å². The van der Waals surface area contributed by atoms with Gasteiger partial charge >= 0.3 is 5.97 Å². The van der Waals surface area contributed by atoms with Crippen molar-refractivity contribution in [3.05, 3.63) is 12.2 Å². The van der Waals surface area contributed by atoms with Gasteiger partial charge in [0.15, 0.2) is 0 Å². The third-order valence-corrected chi connectivity index (χ3v) is 1.52. The number of amides is 1. The SMILES string of the molecule is C=C(C)C(N)=O.NCCCCCC(=O)O. The molecule has 0 aromatic rings. The quantitative estimate of drug-likeness (QED) is 0.447. The van der Waals surface area contributed by atoms with Crippen LogP contribution >= 0.6 is 0 Å². The Hall–Kier alpha value is -1.36. The average Bonchev–Trinajstić information content (AvgIpc) is 2.13. The summed E-state index contributed by atoms with van der Waals surface area (Å²) in [6, 6.07) is 0. The number of unbranched alkanes of at least 4 members (excludes halogenated alkanes) is 2. The van der Waals surface area contributed by atoms with Crippen molar-refractivity contribution < 1.29 is 14.7 Å². The Labute approximate surface area is 90.1 Å². The number of carbonyl (C=O) groups is 2. The molecule has 0 aromatic heterocycles. The summed E-state index contributed by atoms with van der Waals surface area (Å²) in [5.41, 5.74) is 10.3. The van der Waals surface area contributed by atoms with Crippen molar-refractivity contribution in [1.82, 2.24) is 0 Å². The molecule has 5 nitrogen and oxygen atoms in total. The standard InChI is InChI=1S/C6H13NO2.C4H7NO/c7-5-3-1-2-4-6(8)9;1-3(2)4(5)6/h1-5,7H2,(H,8,9);1H2,2H3,(H2,5,6). The summed E-state index contributed by atoms with van der Waals surface area (Å²) in [5, 5.41) is 8.18. The number of aliphatic carboxylic acids is 1. The highest BCUT2D eigenvalue weighted by atomic mass is 16.4. The third-order valence-electron chi connectivity index (χ3n) is 1.52. The summed E-state index contributed by atoms with van der Waals surface area (Å²) in [6.07, 6.45) is 2.91. The Morgan fingerprint density at radius 3 is 2.00 bits per heavy atom. The fourth-order valence-electron chi connectivity index (χ4n) is 0.597. The summed E-state index contributed by atoms with van der Waals surface area (Å²) in [4.78, 5) is 19.8. The molecular formula is C10H20N2O3. The first-order valence-corrected chi connectivity index (χ1v) is 4.79. The normalized spacial score (nSPS) is 8.67. The maximum absolute atomic E-state index is 9.93. The van der Waals surface area contributed by atoms with Gasteiger partial charge in [0.2, 0.25) is 5.91 Å². The van der Waals surface area contributed by atoms with Crippen LogP contribution in [-0.4, -0.2) is 23.5 Å². The second-order valence-electron chi connectivity index (χ2n) is 3.14. The lowest BCUT2D eigenvalue weighted by Gasteiger charge is -1.93. The highest BCUT2D eigenvalue weighted by Gasteiger charge is 1.94. The lowest BCUT2D eigenvalue weighted by molar-refractivity contribution is -0.137. The van der Waals surface area contributed by atoms with Crippen molar-refractivity contribution in [2.75, 3.05) is 6.54 Å². The maximum atomic E-state index is 9.93. The van der Waals surface area contributed by atoms with Gasteiger partial charge in [0.1, 0.15) is 0 Å². The van der Waals surface area contributed by atoms with Crippen molar-refractivity contribution in [2.24, 2.45) is 11.5 Å². The molecule has 0 rings (SSSR count). The monoisotopic (exact) mass is 216 g/mol. The summed E-state index contributed by atoms with van der Waals surface area (Å²) in [7, 11) is 0. The minimum Gasteiger partial charge on any atom is -0.481 e. The van der Waals surface area contributed by atoms with E-state index in [9.17, 15) is 9.59 Å². The molecule has 0 unspecified atom stereocenters. The molecule has 0 bridgehead atoms. The number of hydrogen-bond donors (Lipinski definition) is 3. The van der Waals surface area contributed by atoms with Gasteiger partial charge in [-0.2, -0.15) is 0 Å². The average molecular weight is 216 g/mol. The second-order valence-corrected chi connectivity index (χ2v) is 3.14. The lowest BCUT2D eigenvalue weighted by atomic mass is 10.2. The molecule has 0 fully saturated rings. The molecule has 0 aliphatic rings. The molecule has 0 spiro atoms. The second kappa shape index (κ2) is 10.7. The van der Waals surface area contributed by atoms with Gasteiger partial charge in [-0.15, -0.1) is 0 Å². The van der Waals surface area contributed by atoms with Crippen molar-refractivity contribution in [3.8, 4) is 0 Å². The molecule has 0 radical (unpaired) electrons. The van der Waals surface area contributed by atoms with Crippen molar-refractivity contribution in [3.63, 3.8) is 0 Å². The number of carboxylic acid groups (broad SMARTS) is 1. The van der Waals surface area contributed by atoms with Crippen LogP contribution in [0.25, 0.3) is 0 Å². The fourth-order valence-corrected chi connectivity index (χ4v) is 0.597. The first-order valence-electron chi connectivity index (χ1n) is 4.79. The van der Waals surface area contributed by atoms with E-state index in [0.717, 1.165) is 19.3 Å². The van der Waals surface area contributed by atoms with Crippen LogP contribution in [0.4, 0.5) is 0 Å². The Morgan fingerprint density at radius 1 is 1.27 bits per heavy atom. The summed E-state index contributed by atoms with van der Waals surface area (Å²) >= 11 is 0. The van der Waals surface area contributed by atoms with Gasteiger partial charge in [-0.05, 0) is 26.3 Å². The minimum atomic E-state index is -0.716. The molecule has 0 saturated heterocycles. The van der Waals surface area contributed by atoms with Crippen LogP contribution in [0.5, 0.6) is 0 Å². The van der Waals surface area contributed by atoms with Gasteiger partial charge in [-0.1, -0.05) is 13.0 Å². The number of primary amides is 1. The van der Waals surface area contributed by atoms with Gasteiger partial charge < -0.3 is 16.6 Å². The molecule has 0 aliphatic heterocycles. The van der Waals surface area contributed by atoms with E-state index in [1.165, 1.54) is 0 Å². The summed E-state index contributed by atoms with van der Waals surface area (Å²) in [5.74, 6) is -1.15. The number of nitrogens with two attached hydrogens (primary N) is 2. The van der Waals surface area contributed by atoms with E-state index in [0.29, 0.717) is 12.1 Å². The molecule has 1 amide bonds. The lowest BCUT2D eigenvalue weighted by Crippen LogP contribution is -2.10. The first kappa shape index (κ1) is 16.1. The van der Waals surface area contributed by atoms with E-state index in [2.05, 4.69) is 6.58 Å². The summed E-state index contributed by atoms with van der Waals surface area (Å²) in [6.45, 7) is 5.52. The van der Waals surface area contributed by atoms with Crippen LogP contribution in [0.2, 0.25) is 0 Å². The molecule has 0 atom stereocenters. The van der Waals surface area contributed by atoms with E-state index in [1.54, 1.807) is 6.92 Å². The fraction of sp³-hybridized carbons (Fsp3) is 0.600. The molecule has 88 valence electrons. The van der Waals surface area contributed by atoms with Gasteiger partial charge in [0.05, 0.1) is 0 Å². The topological polar surface area (TPSA) is 106 Å². The zero-order valence-electron chi connectivity index (χ0n) is 9.16. The molecular weight excluding hydrogens is 196 g/mol. The Morgan fingerprint density at radius 2 is 1.73 bits per heavy atom. The van der Waals surface area contributed by atoms with Gasteiger partial charge in [0.25, 0.3) is 0 Å². The molecule has 15 heavy (non-hydrogen) atoms. The molecule has 0 heterocycles. The van der Waals surface area contributed by atoms with Crippen LogP contribution in [0, 0.1) is 0 Å². The van der Waals surface area contributed by atoms with Crippen molar-refractivity contribution in [2.45, 2.75) is 32.6 Å². The van der Waals surface area contributed by atoms with Gasteiger partial charge in [-0.3, -0.25) is 9.59 Å². The molecule has 0 aliphatic carbocycles. The molecule has 0 saturated carbocycles. The largest absolute Gasteiger partial charge is 0.481 e. The van der Waals surface area contributed by atoms with Gasteiger partial charge in [0, 0.05) is 12.0 Å². The number of carboxylic acids is 1. The predicted molar refractivity (Wildman–Crippen MR) is 59.2 cm³/mol. The highest BCUT2D eigenvalue weighted by Crippen LogP contribution is 1.97. The Balaban J connectivity index is 0. The zero-order chi connectivity index (χ0) is 12.3. The van der Waals surface area contributed by atoms with Crippen molar-refractivity contribution >= 4 is 11.9 Å². The maximum Gasteiger partial charge on any atom is 0.303 e. The van der Waals surface area contributed by atoms with Crippen LogP contribution in [0.3, 0.4) is 0 Å². The molecule has 5 heteroatoms. The Bertz CT molecular complexity index is 203. The van der Waals surface area contributed by atoms with E-state index in [4.69, 9.17) is 16.6 Å². The van der Waals surface area contributed by atoms with Crippen LogP contribution in [0.15, 0.2) is 12.2 Å². The third kappa shape index (κ3) is 19.2. The van der Waals surface area contributed by atoms with E-state index in [-0.39, 0.29) is 6.42 Å². The smallest absolute Gasteiger partial charge is 0.303 e. The minimum absolute atomic E-state index is 0.278. The first-order chi connectivity index (χ1) is 6.91. The van der Waals surface area contributed by atoms with E-state index < -0.39 is 11.9 Å². The molecule has 5 N–H and O–H groups in total. The number of carbonyl (C=O) groups excluding carboxylic acids is 1. The predicted octanol–water partition coefficient (Wildman–Crippen LogP) is 0.638. The van der Waals surface area contributed by atoms with Crippen molar-refractivity contribution in [1.29, 1.82) is 0 Å². The molecule has 0 aromatic carbocycles. The number of rotatable bonds is 6. The highest BCUT2D eigenvalue weighted by molar-refractivity contribution is 5.90. The zero-order valence-corrected chi connectivity index (χ0v) is 9.16. The number of hydrogen-bond acceptors (Lipinski definition) is 3. The Kier molecular flexibility index (Phi) is 11.5. The summed E-state index contributed by atoms with van der Waals surface area (Å²) < 4.78 is 0. The van der Waals surface area contributed by atoms with Crippen LogP contribution in [-0.2, 0) is 9.59 Å². The van der Waals surface area contributed by atoms with Crippen LogP contribution < -0.4 is 11.5 Å².